The highest BCUT2D eigenvalue weighted by Gasteiger charge is 2.29. The summed E-state index contributed by atoms with van der Waals surface area (Å²) in [6, 6.07) is 3.93. The maximum Gasteiger partial charge on any atom is 0.319 e. The number of aliphatic carboxylic acids is 1. The summed E-state index contributed by atoms with van der Waals surface area (Å²) >= 11 is 1.10. The fourth-order valence-electron chi connectivity index (χ4n) is 0.931. The molecule has 0 unspecified atom stereocenters. The lowest BCUT2D eigenvalue weighted by Gasteiger charge is -2.19. The average molecular weight is 229 g/mol. The Balaban J connectivity index is 2.95. The summed E-state index contributed by atoms with van der Waals surface area (Å²) in [7, 11) is 0. The SMILES string of the molecule is CC(C)(Sc1ccc(F)cc1N)C(=O)O. The fourth-order valence-corrected chi connectivity index (χ4v) is 1.88. The number of halogens is 1. The Kier molecular flexibility index (Phi) is 3.24. The molecule has 1 aromatic carbocycles. The zero-order valence-corrected chi connectivity index (χ0v) is 9.27. The van der Waals surface area contributed by atoms with Crippen LogP contribution in [0.15, 0.2) is 23.1 Å². The van der Waals surface area contributed by atoms with Gasteiger partial charge in [0.15, 0.2) is 0 Å². The molecule has 15 heavy (non-hydrogen) atoms. The third-order valence-electron chi connectivity index (χ3n) is 1.85. The molecule has 1 rings (SSSR count). The number of rotatable bonds is 3. The number of hydrogen-bond acceptors (Lipinski definition) is 3. The van der Waals surface area contributed by atoms with E-state index in [1.807, 2.05) is 0 Å². The van der Waals surface area contributed by atoms with Gasteiger partial charge >= 0.3 is 5.97 Å². The molecule has 5 heteroatoms. The van der Waals surface area contributed by atoms with Crippen LogP contribution < -0.4 is 5.73 Å². The summed E-state index contributed by atoms with van der Waals surface area (Å²) in [5, 5.41) is 8.91. The van der Waals surface area contributed by atoms with Gasteiger partial charge in [-0.15, -0.1) is 11.8 Å². The number of carbonyl (C=O) groups is 1. The van der Waals surface area contributed by atoms with Crippen LogP contribution in [0.5, 0.6) is 0 Å². The van der Waals surface area contributed by atoms with Gasteiger partial charge in [0.25, 0.3) is 0 Å². The molecule has 0 aliphatic rings. The van der Waals surface area contributed by atoms with Gasteiger partial charge in [-0.2, -0.15) is 0 Å². The molecule has 0 fully saturated rings. The molecule has 0 aromatic heterocycles. The summed E-state index contributed by atoms with van der Waals surface area (Å²) in [6.07, 6.45) is 0. The molecule has 0 amide bonds. The van der Waals surface area contributed by atoms with Crippen molar-refractivity contribution < 1.29 is 14.3 Å². The van der Waals surface area contributed by atoms with Gasteiger partial charge in [-0.05, 0) is 32.0 Å². The van der Waals surface area contributed by atoms with Crippen molar-refractivity contribution in [1.82, 2.24) is 0 Å². The summed E-state index contributed by atoms with van der Waals surface area (Å²) in [5.74, 6) is -1.36. The van der Waals surface area contributed by atoms with Gasteiger partial charge in [0, 0.05) is 10.6 Å². The smallest absolute Gasteiger partial charge is 0.319 e. The Morgan fingerprint density at radius 2 is 2.13 bits per heavy atom. The molecule has 0 heterocycles. The Labute approximate surface area is 91.5 Å². The number of nitrogens with two attached hydrogens (primary N) is 1. The molecule has 0 atom stereocenters. The van der Waals surface area contributed by atoms with Gasteiger partial charge in [0.2, 0.25) is 0 Å². The largest absolute Gasteiger partial charge is 0.480 e. The molecular formula is C10H12FNO2S. The standard InChI is InChI=1S/C10H12FNO2S/c1-10(2,9(13)14)15-8-4-3-6(11)5-7(8)12/h3-5H,12H2,1-2H3,(H,13,14). The number of benzene rings is 1. The molecule has 0 spiro atoms. The first-order valence-electron chi connectivity index (χ1n) is 4.30. The number of anilines is 1. The zero-order chi connectivity index (χ0) is 11.6. The minimum absolute atomic E-state index is 0.259. The predicted octanol–water partition coefficient (Wildman–Crippen LogP) is 2.36. The predicted molar refractivity (Wildman–Crippen MR) is 58.4 cm³/mol. The highest BCUT2D eigenvalue weighted by molar-refractivity contribution is 8.01. The van der Waals surface area contributed by atoms with E-state index in [0.29, 0.717) is 4.90 Å². The highest BCUT2D eigenvalue weighted by Crippen LogP contribution is 2.36. The lowest BCUT2D eigenvalue weighted by Crippen LogP contribution is -2.27. The minimum Gasteiger partial charge on any atom is -0.480 e. The quantitative estimate of drug-likeness (QED) is 0.617. The van der Waals surface area contributed by atoms with Crippen LogP contribution in [0, 0.1) is 5.82 Å². The molecule has 0 radical (unpaired) electrons. The van der Waals surface area contributed by atoms with Crippen molar-refractivity contribution in [3.05, 3.63) is 24.0 Å². The van der Waals surface area contributed by atoms with E-state index in [2.05, 4.69) is 0 Å². The van der Waals surface area contributed by atoms with E-state index < -0.39 is 16.5 Å². The second kappa shape index (κ2) is 4.10. The summed E-state index contributed by atoms with van der Waals surface area (Å²) < 4.78 is 11.8. The van der Waals surface area contributed by atoms with Crippen LogP contribution in [-0.4, -0.2) is 15.8 Å². The van der Waals surface area contributed by atoms with Crippen LogP contribution in [0.4, 0.5) is 10.1 Å². The van der Waals surface area contributed by atoms with E-state index >= 15 is 0 Å². The van der Waals surface area contributed by atoms with Gasteiger partial charge in [0.05, 0.1) is 0 Å². The van der Waals surface area contributed by atoms with Crippen molar-refractivity contribution >= 4 is 23.4 Å². The van der Waals surface area contributed by atoms with Gasteiger partial charge in [0.1, 0.15) is 10.6 Å². The van der Waals surface area contributed by atoms with Gasteiger partial charge in [-0.1, -0.05) is 0 Å². The van der Waals surface area contributed by atoms with Gasteiger partial charge in [-0.3, -0.25) is 4.79 Å². The first-order chi connectivity index (χ1) is 6.83. The van der Waals surface area contributed by atoms with E-state index in [0.717, 1.165) is 11.8 Å². The van der Waals surface area contributed by atoms with Crippen LogP contribution >= 0.6 is 11.8 Å². The van der Waals surface area contributed by atoms with Crippen LogP contribution in [0.1, 0.15) is 13.8 Å². The molecule has 0 saturated carbocycles. The van der Waals surface area contributed by atoms with Crippen LogP contribution in [0.2, 0.25) is 0 Å². The Bertz CT molecular complexity index is 393. The van der Waals surface area contributed by atoms with E-state index in [-0.39, 0.29) is 5.69 Å². The highest BCUT2D eigenvalue weighted by atomic mass is 32.2. The Hall–Kier alpha value is -1.23. The molecule has 0 saturated heterocycles. The van der Waals surface area contributed by atoms with Crippen molar-refractivity contribution in [1.29, 1.82) is 0 Å². The molecule has 0 aliphatic carbocycles. The number of nitrogen functional groups attached to an aromatic ring is 1. The second-order valence-corrected chi connectivity index (χ2v) is 5.26. The van der Waals surface area contributed by atoms with E-state index in [1.165, 1.54) is 18.2 Å². The molecule has 0 aliphatic heterocycles. The second-order valence-electron chi connectivity index (χ2n) is 3.60. The van der Waals surface area contributed by atoms with Crippen molar-refractivity contribution in [3.8, 4) is 0 Å². The van der Waals surface area contributed by atoms with Crippen molar-refractivity contribution in [3.63, 3.8) is 0 Å². The first-order valence-corrected chi connectivity index (χ1v) is 5.12. The normalized spacial score (nSPS) is 11.4. The molecule has 82 valence electrons. The Morgan fingerprint density at radius 3 is 2.60 bits per heavy atom. The molecule has 3 nitrogen and oxygen atoms in total. The number of thioether (sulfide) groups is 1. The molecule has 3 N–H and O–H groups in total. The van der Waals surface area contributed by atoms with Crippen LogP contribution in [0.3, 0.4) is 0 Å². The van der Waals surface area contributed by atoms with E-state index in [1.54, 1.807) is 13.8 Å². The zero-order valence-electron chi connectivity index (χ0n) is 8.45. The van der Waals surface area contributed by atoms with Crippen LogP contribution in [0.25, 0.3) is 0 Å². The number of carboxylic acid groups (broad SMARTS) is 1. The number of carboxylic acids is 1. The van der Waals surface area contributed by atoms with Crippen molar-refractivity contribution in [2.45, 2.75) is 23.5 Å². The first kappa shape index (κ1) is 11.8. The number of hydrogen-bond donors (Lipinski definition) is 2. The minimum atomic E-state index is -0.980. The lowest BCUT2D eigenvalue weighted by molar-refractivity contribution is -0.138. The van der Waals surface area contributed by atoms with E-state index in [9.17, 15) is 9.18 Å². The third kappa shape index (κ3) is 2.86. The third-order valence-corrected chi connectivity index (χ3v) is 3.13. The monoisotopic (exact) mass is 229 g/mol. The summed E-state index contributed by atoms with van der Waals surface area (Å²) in [6.45, 7) is 3.14. The summed E-state index contributed by atoms with van der Waals surface area (Å²) in [5.41, 5.74) is 5.83. The fraction of sp³-hybridized carbons (Fsp3) is 0.300. The topological polar surface area (TPSA) is 63.3 Å². The van der Waals surface area contributed by atoms with Gasteiger partial charge in [-0.25, -0.2) is 4.39 Å². The van der Waals surface area contributed by atoms with E-state index in [4.69, 9.17) is 10.8 Å². The maximum atomic E-state index is 12.7. The van der Waals surface area contributed by atoms with Crippen LogP contribution in [-0.2, 0) is 4.79 Å². The van der Waals surface area contributed by atoms with Crippen molar-refractivity contribution in [2.75, 3.05) is 5.73 Å². The molecule has 1 aromatic rings. The maximum absolute atomic E-state index is 12.7. The molecular weight excluding hydrogens is 217 g/mol. The van der Waals surface area contributed by atoms with Crippen molar-refractivity contribution in [2.24, 2.45) is 0 Å². The molecule has 0 bridgehead atoms. The summed E-state index contributed by atoms with van der Waals surface area (Å²) in [4.78, 5) is 11.4. The Morgan fingerprint density at radius 1 is 1.53 bits per heavy atom. The average Bonchev–Trinajstić information content (AvgIpc) is 2.09. The lowest BCUT2D eigenvalue weighted by atomic mass is 10.2. The van der Waals surface area contributed by atoms with Gasteiger partial charge < -0.3 is 10.8 Å².